The summed E-state index contributed by atoms with van der Waals surface area (Å²) in [6, 6.07) is 9.15. The Morgan fingerprint density at radius 2 is 2.12 bits per heavy atom. The summed E-state index contributed by atoms with van der Waals surface area (Å²) < 4.78 is 5.26. The van der Waals surface area contributed by atoms with Gasteiger partial charge in [-0.15, -0.1) is 0 Å². The van der Waals surface area contributed by atoms with Gasteiger partial charge in [-0.25, -0.2) is 4.98 Å². The van der Waals surface area contributed by atoms with Crippen molar-refractivity contribution in [1.82, 2.24) is 4.98 Å². The Labute approximate surface area is 109 Å². The topological polar surface area (TPSA) is 48.1 Å². The summed E-state index contributed by atoms with van der Waals surface area (Å²) in [5, 5.41) is 1.52. The van der Waals surface area contributed by atoms with Crippen LogP contribution in [0.2, 0.25) is 5.02 Å². The Kier molecular flexibility index (Phi) is 3.76. The van der Waals surface area contributed by atoms with E-state index in [1.165, 1.54) is 11.8 Å². The molecule has 0 fully saturated rings. The van der Waals surface area contributed by atoms with Crippen molar-refractivity contribution >= 4 is 29.1 Å². The monoisotopic (exact) mass is 266 g/mol. The van der Waals surface area contributed by atoms with Crippen molar-refractivity contribution in [2.75, 3.05) is 12.8 Å². The predicted octanol–water partition coefficient (Wildman–Crippen LogP) is 3.48. The molecular formula is C12H11ClN2OS. The molecule has 0 spiro atoms. The zero-order chi connectivity index (χ0) is 12.3. The number of aromatic nitrogens is 1. The molecule has 5 heteroatoms. The summed E-state index contributed by atoms with van der Waals surface area (Å²) in [5.74, 6) is 0.776. The van der Waals surface area contributed by atoms with Gasteiger partial charge in [-0.3, -0.25) is 0 Å². The summed E-state index contributed by atoms with van der Waals surface area (Å²) in [6.07, 6.45) is 1.62. The number of ether oxygens (including phenoxy) is 1. The normalized spacial score (nSPS) is 10.2. The number of hydrogen-bond acceptors (Lipinski definition) is 4. The van der Waals surface area contributed by atoms with Gasteiger partial charge in [-0.1, -0.05) is 23.4 Å². The average Bonchev–Trinajstić information content (AvgIpc) is 2.32. The molecular weight excluding hydrogens is 256 g/mol. The molecule has 1 aromatic heterocycles. The first-order valence-electron chi connectivity index (χ1n) is 4.92. The SMILES string of the molecule is COc1ccc(Cl)cc1Sc1ccc(N)cn1. The maximum Gasteiger partial charge on any atom is 0.132 e. The van der Waals surface area contributed by atoms with Gasteiger partial charge in [0.2, 0.25) is 0 Å². The van der Waals surface area contributed by atoms with Crippen LogP contribution < -0.4 is 10.5 Å². The van der Waals surface area contributed by atoms with Gasteiger partial charge in [-0.05, 0) is 30.3 Å². The second-order valence-electron chi connectivity index (χ2n) is 3.33. The highest BCUT2D eigenvalue weighted by Crippen LogP contribution is 2.35. The number of methoxy groups -OCH3 is 1. The largest absolute Gasteiger partial charge is 0.496 e. The number of nitrogens with two attached hydrogens (primary N) is 1. The molecule has 0 radical (unpaired) electrons. The summed E-state index contributed by atoms with van der Waals surface area (Å²) in [6.45, 7) is 0. The van der Waals surface area contributed by atoms with Crippen LogP contribution in [-0.2, 0) is 0 Å². The molecule has 1 aromatic carbocycles. The van der Waals surface area contributed by atoms with Crippen LogP contribution >= 0.6 is 23.4 Å². The Hall–Kier alpha value is -1.39. The Bertz CT molecular complexity index is 516. The number of nitrogens with zero attached hydrogens (tertiary/aromatic N) is 1. The summed E-state index contributed by atoms with van der Waals surface area (Å²) in [5.41, 5.74) is 6.23. The number of rotatable bonds is 3. The highest BCUT2D eigenvalue weighted by Gasteiger charge is 2.06. The van der Waals surface area contributed by atoms with Crippen molar-refractivity contribution in [2.24, 2.45) is 0 Å². The fourth-order valence-corrected chi connectivity index (χ4v) is 2.44. The molecule has 0 saturated carbocycles. The number of benzene rings is 1. The first-order valence-corrected chi connectivity index (χ1v) is 6.11. The molecule has 0 bridgehead atoms. The lowest BCUT2D eigenvalue weighted by molar-refractivity contribution is 0.405. The number of halogens is 1. The van der Waals surface area contributed by atoms with Gasteiger partial charge in [0.25, 0.3) is 0 Å². The van der Waals surface area contributed by atoms with E-state index in [2.05, 4.69) is 4.98 Å². The van der Waals surface area contributed by atoms with Gasteiger partial charge in [-0.2, -0.15) is 0 Å². The molecule has 0 unspecified atom stereocenters. The van der Waals surface area contributed by atoms with E-state index in [9.17, 15) is 0 Å². The van der Waals surface area contributed by atoms with Crippen LogP contribution in [0.1, 0.15) is 0 Å². The number of hydrogen-bond donors (Lipinski definition) is 1. The molecule has 0 aliphatic heterocycles. The summed E-state index contributed by atoms with van der Waals surface area (Å²) in [4.78, 5) is 5.15. The molecule has 0 aliphatic rings. The lowest BCUT2D eigenvalue weighted by Gasteiger charge is -2.07. The molecule has 0 saturated heterocycles. The standard InChI is InChI=1S/C12H11ClN2OS/c1-16-10-4-2-8(13)6-11(10)17-12-5-3-9(14)7-15-12/h2-7H,14H2,1H3. The molecule has 0 atom stereocenters. The fraction of sp³-hybridized carbons (Fsp3) is 0.0833. The molecule has 17 heavy (non-hydrogen) atoms. The van der Waals surface area contributed by atoms with E-state index in [0.717, 1.165) is 15.7 Å². The second kappa shape index (κ2) is 5.29. The second-order valence-corrected chi connectivity index (χ2v) is 4.83. The zero-order valence-corrected chi connectivity index (χ0v) is 10.8. The summed E-state index contributed by atoms with van der Waals surface area (Å²) >= 11 is 7.44. The van der Waals surface area contributed by atoms with Crippen LogP contribution in [-0.4, -0.2) is 12.1 Å². The highest BCUT2D eigenvalue weighted by molar-refractivity contribution is 7.99. The van der Waals surface area contributed by atoms with Crippen molar-refractivity contribution in [3.05, 3.63) is 41.6 Å². The smallest absolute Gasteiger partial charge is 0.132 e. The Morgan fingerprint density at radius 1 is 1.29 bits per heavy atom. The van der Waals surface area contributed by atoms with Crippen molar-refractivity contribution in [2.45, 2.75) is 9.92 Å². The maximum atomic E-state index is 5.96. The van der Waals surface area contributed by atoms with E-state index in [4.69, 9.17) is 22.1 Å². The number of pyridine rings is 1. The van der Waals surface area contributed by atoms with Gasteiger partial charge in [0.15, 0.2) is 0 Å². The third kappa shape index (κ3) is 3.05. The van der Waals surface area contributed by atoms with Crippen LogP contribution in [0, 0.1) is 0 Å². The number of nitrogen functional groups attached to an aromatic ring is 1. The van der Waals surface area contributed by atoms with Crippen molar-refractivity contribution in [3.63, 3.8) is 0 Å². The molecule has 88 valence electrons. The quantitative estimate of drug-likeness (QED) is 0.924. The lowest BCUT2D eigenvalue weighted by atomic mass is 10.3. The van der Waals surface area contributed by atoms with E-state index in [-0.39, 0.29) is 0 Å². The third-order valence-corrected chi connectivity index (χ3v) is 3.32. The van der Waals surface area contributed by atoms with Crippen LogP contribution in [0.15, 0.2) is 46.5 Å². The van der Waals surface area contributed by atoms with Crippen molar-refractivity contribution in [3.8, 4) is 5.75 Å². The van der Waals surface area contributed by atoms with Gasteiger partial charge in [0.05, 0.1) is 23.9 Å². The van der Waals surface area contributed by atoms with Crippen molar-refractivity contribution in [1.29, 1.82) is 0 Å². The predicted molar refractivity (Wildman–Crippen MR) is 70.8 cm³/mol. The van der Waals surface area contributed by atoms with E-state index < -0.39 is 0 Å². The van der Waals surface area contributed by atoms with E-state index in [0.29, 0.717) is 10.7 Å². The van der Waals surface area contributed by atoms with E-state index >= 15 is 0 Å². The molecule has 2 aromatic rings. The molecule has 0 aliphatic carbocycles. The molecule has 2 rings (SSSR count). The van der Waals surface area contributed by atoms with Gasteiger partial charge >= 0.3 is 0 Å². The molecule has 2 N–H and O–H groups in total. The van der Waals surface area contributed by atoms with Crippen LogP contribution in [0.25, 0.3) is 0 Å². The molecule has 3 nitrogen and oxygen atoms in total. The van der Waals surface area contributed by atoms with E-state index in [1.54, 1.807) is 19.4 Å². The van der Waals surface area contributed by atoms with Crippen LogP contribution in [0.3, 0.4) is 0 Å². The van der Waals surface area contributed by atoms with E-state index in [1.807, 2.05) is 24.3 Å². The first kappa shape index (κ1) is 12.1. The van der Waals surface area contributed by atoms with Crippen molar-refractivity contribution < 1.29 is 4.74 Å². The summed E-state index contributed by atoms with van der Waals surface area (Å²) in [7, 11) is 1.63. The minimum Gasteiger partial charge on any atom is -0.496 e. The third-order valence-electron chi connectivity index (χ3n) is 2.10. The molecule has 0 amide bonds. The highest BCUT2D eigenvalue weighted by atomic mass is 35.5. The van der Waals surface area contributed by atoms with Crippen LogP contribution in [0.5, 0.6) is 5.75 Å². The average molecular weight is 267 g/mol. The number of anilines is 1. The Balaban J connectivity index is 2.28. The van der Waals surface area contributed by atoms with Gasteiger partial charge in [0, 0.05) is 5.02 Å². The Morgan fingerprint density at radius 3 is 2.76 bits per heavy atom. The minimum atomic E-state index is 0.646. The molecule has 1 heterocycles. The van der Waals surface area contributed by atoms with Gasteiger partial charge < -0.3 is 10.5 Å². The van der Waals surface area contributed by atoms with Crippen LogP contribution in [0.4, 0.5) is 5.69 Å². The first-order chi connectivity index (χ1) is 8.19. The van der Waals surface area contributed by atoms with Gasteiger partial charge in [0.1, 0.15) is 10.8 Å². The zero-order valence-electron chi connectivity index (χ0n) is 9.18. The fourth-order valence-electron chi connectivity index (χ4n) is 1.30. The minimum absolute atomic E-state index is 0.646. The maximum absolute atomic E-state index is 5.96. The lowest BCUT2D eigenvalue weighted by Crippen LogP contribution is -1.89.